The van der Waals surface area contributed by atoms with Gasteiger partial charge in [-0.05, 0) is 54.3 Å². The van der Waals surface area contributed by atoms with Crippen molar-refractivity contribution in [1.82, 2.24) is 10.2 Å². The van der Waals surface area contributed by atoms with Crippen molar-refractivity contribution in [2.24, 2.45) is 5.92 Å². The summed E-state index contributed by atoms with van der Waals surface area (Å²) in [7, 11) is -1.80. The zero-order valence-corrected chi connectivity index (χ0v) is 20.1. The SMILES string of the molecule is CCS(=O)(=O)c1ccc(Oc2cccc(C(C)C)c2F)c(C2=CN(C)C(=O)C3NCCC23)c1.[HH]. The molecule has 1 saturated heterocycles. The number of carbonyl (C=O) groups excluding carboxylic acids is 1. The van der Waals surface area contributed by atoms with Crippen LogP contribution in [0.5, 0.6) is 11.5 Å². The van der Waals surface area contributed by atoms with Crippen LogP contribution in [0.15, 0.2) is 47.5 Å². The molecule has 4 rings (SSSR count). The highest BCUT2D eigenvalue weighted by molar-refractivity contribution is 7.91. The molecule has 6 nitrogen and oxygen atoms in total. The first-order chi connectivity index (χ1) is 15.6. The first-order valence-electron chi connectivity index (χ1n) is 11.2. The third-order valence-electron chi connectivity index (χ3n) is 6.40. The van der Waals surface area contributed by atoms with Gasteiger partial charge in [0.05, 0.1) is 16.7 Å². The van der Waals surface area contributed by atoms with E-state index in [4.69, 9.17) is 4.74 Å². The van der Waals surface area contributed by atoms with Crippen LogP contribution in [0.25, 0.3) is 5.57 Å². The van der Waals surface area contributed by atoms with Crippen LogP contribution in [0, 0.1) is 11.7 Å². The topological polar surface area (TPSA) is 75.7 Å². The van der Waals surface area contributed by atoms with E-state index < -0.39 is 15.7 Å². The van der Waals surface area contributed by atoms with Gasteiger partial charge in [-0.2, -0.15) is 0 Å². The fourth-order valence-electron chi connectivity index (χ4n) is 4.51. The van der Waals surface area contributed by atoms with Crippen LogP contribution in [-0.2, 0) is 14.6 Å². The van der Waals surface area contributed by atoms with E-state index in [0.29, 0.717) is 23.4 Å². The average Bonchev–Trinajstić information content (AvgIpc) is 3.28. The Labute approximate surface area is 195 Å². The molecule has 2 atom stereocenters. The van der Waals surface area contributed by atoms with Crippen LogP contribution in [0.1, 0.15) is 45.7 Å². The van der Waals surface area contributed by atoms with Crippen LogP contribution in [-0.4, -0.2) is 44.6 Å². The Bertz CT molecular complexity index is 1230. The van der Waals surface area contributed by atoms with Gasteiger partial charge in [0.25, 0.3) is 0 Å². The van der Waals surface area contributed by atoms with Crippen LogP contribution < -0.4 is 10.1 Å². The van der Waals surface area contributed by atoms with E-state index in [1.807, 2.05) is 13.8 Å². The number of sulfone groups is 1. The maximum Gasteiger partial charge on any atom is 0.244 e. The van der Waals surface area contributed by atoms with Crippen molar-refractivity contribution in [3.63, 3.8) is 0 Å². The third kappa shape index (κ3) is 4.29. The number of ether oxygens (including phenoxy) is 1. The van der Waals surface area contributed by atoms with Gasteiger partial charge in [-0.1, -0.05) is 32.9 Å². The maximum absolute atomic E-state index is 15.1. The van der Waals surface area contributed by atoms with Gasteiger partial charge in [-0.15, -0.1) is 0 Å². The molecule has 8 heteroatoms. The van der Waals surface area contributed by atoms with Crippen LogP contribution >= 0.6 is 0 Å². The van der Waals surface area contributed by atoms with E-state index >= 15 is 4.39 Å². The molecule has 2 unspecified atom stereocenters. The van der Waals surface area contributed by atoms with Crippen LogP contribution in [0.2, 0.25) is 0 Å². The molecule has 2 aliphatic heterocycles. The average molecular weight is 475 g/mol. The zero-order chi connectivity index (χ0) is 23.9. The van der Waals surface area contributed by atoms with E-state index in [9.17, 15) is 13.2 Å². The highest BCUT2D eigenvalue weighted by atomic mass is 32.2. The van der Waals surface area contributed by atoms with E-state index in [2.05, 4.69) is 5.32 Å². The van der Waals surface area contributed by atoms with Crippen molar-refractivity contribution in [2.75, 3.05) is 19.3 Å². The highest BCUT2D eigenvalue weighted by Gasteiger charge is 2.41. The van der Waals surface area contributed by atoms with Gasteiger partial charge in [-0.25, -0.2) is 12.8 Å². The van der Waals surface area contributed by atoms with Gasteiger partial charge in [-0.3, -0.25) is 4.79 Å². The normalized spacial score (nSPS) is 20.7. The quantitative estimate of drug-likeness (QED) is 0.664. The molecule has 33 heavy (non-hydrogen) atoms. The molecule has 2 heterocycles. The molecular formula is C25H31FN2O4S. The number of rotatable bonds is 6. The van der Waals surface area contributed by atoms with Crippen molar-refractivity contribution in [3.05, 3.63) is 59.5 Å². The summed E-state index contributed by atoms with van der Waals surface area (Å²) in [6.07, 6.45) is 2.47. The Kier molecular flexibility index (Phi) is 6.33. The Hall–Kier alpha value is -2.71. The monoisotopic (exact) mass is 474 g/mol. The minimum atomic E-state index is -3.47. The summed E-state index contributed by atoms with van der Waals surface area (Å²) in [5.41, 5.74) is 1.90. The Morgan fingerprint density at radius 2 is 2.00 bits per heavy atom. The molecule has 0 aliphatic carbocycles. The van der Waals surface area contributed by atoms with Gasteiger partial charge >= 0.3 is 0 Å². The third-order valence-corrected chi connectivity index (χ3v) is 8.14. The van der Waals surface area contributed by atoms with Crippen LogP contribution in [0.4, 0.5) is 4.39 Å². The number of likely N-dealkylation sites (N-methyl/N-ethyl adjacent to an activating group) is 1. The lowest BCUT2D eigenvalue weighted by Crippen LogP contribution is -2.46. The van der Waals surface area contributed by atoms with Gasteiger partial charge in [0.1, 0.15) is 5.75 Å². The van der Waals surface area contributed by atoms with Crippen molar-refractivity contribution >= 4 is 21.3 Å². The number of nitrogens with one attached hydrogen (secondary N) is 1. The van der Waals surface area contributed by atoms with Crippen molar-refractivity contribution in [2.45, 2.75) is 44.0 Å². The Morgan fingerprint density at radius 3 is 2.70 bits per heavy atom. The first kappa shape index (κ1) is 23.4. The molecule has 178 valence electrons. The summed E-state index contributed by atoms with van der Waals surface area (Å²) in [6.45, 7) is 6.09. The fourth-order valence-corrected chi connectivity index (χ4v) is 5.42. The van der Waals surface area contributed by atoms with Crippen LogP contribution in [0.3, 0.4) is 0 Å². The van der Waals surface area contributed by atoms with E-state index in [1.165, 1.54) is 11.0 Å². The molecule has 2 aromatic carbocycles. The lowest BCUT2D eigenvalue weighted by molar-refractivity contribution is -0.130. The summed E-state index contributed by atoms with van der Waals surface area (Å²) in [6, 6.07) is 9.31. The van der Waals surface area contributed by atoms with Crippen molar-refractivity contribution in [3.8, 4) is 11.5 Å². The van der Waals surface area contributed by atoms with E-state index in [-0.39, 0.29) is 41.6 Å². The summed E-state index contributed by atoms with van der Waals surface area (Å²) < 4.78 is 46.5. The second kappa shape index (κ2) is 8.91. The molecule has 1 fully saturated rings. The summed E-state index contributed by atoms with van der Waals surface area (Å²) in [4.78, 5) is 14.3. The minimum absolute atomic E-state index is 0. The minimum Gasteiger partial charge on any atom is -0.454 e. The molecule has 0 saturated carbocycles. The standard InChI is InChI=1S/C25H29FN2O4S.H2/c1-5-33(30,31)16-9-10-21(32-22-8-6-7-17(15(2)3)23(22)26)19(13-16)20-14-28(4)25(29)24-18(20)11-12-27-24;/h6-10,13-15,18,24,27H,5,11-12H2,1-4H3;1H. The molecule has 0 spiro atoms. The molecular weight excluding hydrogens is 443 g/mol. The second-order valence-corrected chi connectivity index (χ2v) is 11.1. The summed E-state index contributed by atoms with van der Waals surface area (Å²) >= 11 is 0. The zero-order valence-electron chi connectivity index (χ0n) is 19.3. The molecule has 2 aromatic rings. The number of halogens is 1. The van der Waals surface area contributed by atoms with Crippen molar-refractivity contribution in [1.29, 1.82) is 0 Å². The number of nitrogens with zero attached hydrogens (tertiary/aromatic N) is 1. The van der Waals surface area contributed by atoms with Crippen molar-refractivity contribution < 1.29 is 23.8 Å². The lowest BCUT2D eigenvalue weighted by atomic mass is 9.84. The van der Waals surface area contributed by atoms with E-state index in [0.717, 1.165) is 12.0 Å². The molecule has 0 radical (unpaired) electrons. The number of carbonyl (C=O) groups is 1. The van der Waals surface area contributed by atoms with Gasteiger partial charge < -0.3 is 15.0 Å². The fraction of sp³-hybridized carbons (Fsp3) is 0.400. The number of amides is 1. The lowest BCUT2D eigenvalue weighted by Gasteiger charge is -2.32. The molecule has 0 aromatic heterocycles. The largest absolute Gasteiger partial charge is 0.454 e. The Morgan fingerprint density at radius 1 is 1.24 bits per heavy atom. The smallest absolute Gasteiger partial charge is 0.244 e. The number of fused-ring (bicyclic) bond motifs is 1. The summed E-state index contributed by atoms with van der Waals surface area (Å²) in [5, 5.41) is 3.24. The highest BCUT2D eigenvalue weighted by Crippen LogP contribution is 2.42. The molecule has 1 N–H and O–H groups in total. The summed E-state index contributed by atoms with van der Waals surface area (Å²) in [5.74, 6) is -0.215. The van der Waals surface area contributed by atoms with E-state index in [1.54, 1.807) is 50.5 Å². The first-order valence-corrected chi connectivity index (χ1v) is 12.8. The molecule has 1 amide bonds. The second-order valence-electron chi connectivity index (χ2n) is 8.84. The van der Waals surface area contributed by atoms with Gasteiger partial charge in [0.15, 0.2) is 21.4 Å². The van der Waals surface area contributed by atoms with Gasteiger partial charge in [0.2, 0.25) is 5.91 Å². The van der Waals surface area contributed by atoms with Gasteiger partial charge in [0, 0.05) is 26.2 Å². The molecule has 2 aliphatic rings. The maximum atomic E-state index is 15.1. The predicted molar refractivity (Wildman–Crippen MR) is 127 cm³/mol. The number of hydrogen-bond donors (Lipinski definition) is 1. The number of hydrogen-bond acceptors (Lipinski definition) is 5. The Balaban J connectivity index is 0.00000324. The predicted octanol–water partition coefficient (Wildman–Crippen LogP) is 4.57. The number of benzene rings is 2. The molecule has 0 bridgehead atoms.